The van der Waals surface area contributed by atoms with E-state index >= 15 is 0 Å². The Kier molecular flexibility index (Phi) is 3.76. The molecular weight excluding hydrogens is 304 g/mol. The monoisotopic (exact) mass is 318 g/mol. The van der Waals surface area contributed by atoms with Crippen LogP contribution < -0.4 is 0 Å². The first-order valence-corrected chi connectivity index (χ1v) is 6.80. The molecule has 2 nitrogen and oxygen atoms in total. The lowest BCUT2D eigenvalue weighted by molar-refractivity contribution is 0.0696. The van der Waals surface area contributed by atoms with Crippen LogP contribution in [0.1, 0.15) is 27.0 Å². The normalized spacial score (nSPS) is 10.5. The van der Waals surface area contributed by atoms with Gasteiger partial charge < -0.3 is 5.11 Å². The molecule has 3 heteroatoms. The molecule has 0 atom stereocenters. The van der Waals surface area contributed by atoms with Crippen LogP contribution >= 0.6 is 15.9 Å². The van der Waals surface area contributed by atoms with Gasteiger partial charge in [-0.2, -0.15) is 0 Å². The molecule has 1 N–H and O–H groups in total. The third-order valence-electron chi connectivity index (χ3n) is 3.35. The predicted molar refractivity (Wildman–Crippen MR) is 80.7 cm³/mol. The summed E-state index contributed by atoms with van der Waals surface area (Å²) in [5.74, 6) is -0.921. The van der Waals surface area contributed by atoms with Crippen molar-refractivity contribution in [1.82, 2.24) is 0 Å². The minimum atomic E-state index is -0.921. The second-order valence-electron chi connectivity index (χ2n) is 4.75. The molecule has 0 bridgehead atoms. The molecule has 0 aliphatic carbocycles. The zero-order chi connectivity index (χ0) is 14.2. The van der Waals surface area contributed by atoms with Crippen LogP contribution in [0.3, 0.4) is 0 Å². The molecule has 0 unspecified atom stereocenters. The van der Waals surface area contributed by atoms with E-state index in [0.717, 1.165) is 16.7 Å². The van der Waals surface area contributed by atoms with Gasteiger partial charge in [0.05, 0.1) is 5.56 Å². The summed E-state index contributed by atoms with van der Waals surface area (Å²) in [6, 6.07) is 9.68. The molecule has 2 aromatic rings. The Bertz CT molecular complexity index is 660. The van der Waals surface area contributed by atoms with Crippen LogP contribution in [0, 0.1) is 20.8 Å². The molecule has 0 saturated heterocycles. The van der Waals surface area contributed by atoms with Crippen LogP contribution in [-0.2, 0) is 0 Å². The smallest absolute Gasteiger partial charge is 0.336 e. The molecule has 0 saturated carbocycles. The number of halogens is 1. The van der Waals surface area contributed by atoms with Crippen molar-refractivity contribution in [2.24, 2.45) is 0 Å². The summed E-state index contributed by atoms with van der Waals surface area (Å²) in [7, 11) is 0. The number of rotatable bonds is 2. The Hall–Kier alpha value is -1.61. The summed E-state index contributed by atoms with van der Waals surface area (Å²) in [4.78, 5) is 11.2. The maximum absolute atomic E-state index is 11.2. The largest absolute Gasteiger partial charge is 0.478 e. The van der Waals surface area contributed by atoms with Crippen molar-refractivity contribution in [2.75, 3.05) is 0 Å². The SMILES string of the molecule is Cc1cc(C)c(-c2ccc(Br)c(C(=O)O)c2)cc1C. The highest BCUT2D eigenvalue weighted by Crippen LogP contribution is 2.29. The minimum Gasteiger partial charge on any atom is -0.478 e. The van der Waals surface area contributed by atoms with E-state index in [4.69, 9.17) is 0 Å². The molecule has 0 fully saturated rings. The van der Waals surface area contributed by atoms with E-state index in [1.54, 1.807) is 12.1 Å². The number of hydrogen-bond acceptors (Lipinski definition) is 1. The molecule has 0 amide bonds. The third kappa shape index (κ3) is 2.71. The van der Waals surface area contributed by atoms with Crippen LogP contribution in [0.4, 0.5) is 0 Å². The van der Waals surface area contributed by atoms with Crippen molar-refractivity contribution in [3.63, 3.8) is 0 Å². The fraction of sp³-hybridized carbons (Fsp3) is 0.188. The Morgan fingerprint density at radius 2 is 1.63 bits per heavy atom. The van der Waals surface area contributed by atoms with Crippen molar-refractivity contribution < 1.29 is 9.90 Å². The average molecular weight is 319 g/mol. The van der Waals surface area contributed by atoms with Crippen LogP contribution in [0.15, 0.2) is 34.8 Å². The maximum atomic E-state index is 11.2. The van der Waals surface area contributed by atoms with Gasteiger partial charge >= 0.3 is 5.97 Å². The van der Waals surface area contributed by atoms with Crippen molar-refractivity contribution in [2.45, 2.75) is 20.8 Å². The molecule has 0 aromatic heterocycles. The quantitative estimate of drug-likeness (QED) is 0.868. The number of aryl methyl sites for hydroxylation is 3. The van der Waals surface area contributed by atoms with Gasteiger partial charge in [0.2, 0.25) is 0 Å². The summed E-state index contributed by atoms with van der Waals surface area (Å²) in [6.07, 6.45) is 0. The standard InChI is InChI=1S/C16H15BrO2/c1-9-6-11(3)13(7-10(9)2)12-4-5-15(17)14(8-12)16(18)19/h4-8H,1-3H3,(H,18,19). The third-order valence-corrected chi connectivity index (χ3v) is 4.04. The molecule has 0 spiro atoms. The first-order chi connectivity index (χ1) is 8.90. The zero-order valence-electron chi connectivity index (χ0n) is 11.1. The predicted octanol–water partition coefficient (Wildman–Crippen LogP) is 4.74. The van der Waals surface area contributed by atoms with E-state index in [2.05, 4.69) is 41.9 Å². The molecule has 98 valence electrons. The molecule has 0 radical (unpaired) electrons. The fourth-order valence-electron chi connectivity index (χ4n) is 2.13. The van der Waals surface area contributed by atoms with Gasteiger partial charge in [-0.25, -0.2) is 4.79 Å². The lowest BCUT2D eigenvalue weighted by Gasteiger charge is -2.11. The van der Waals surface area contributed by atoms with Crippen LogP contribution in [0.5, 0.6) is 0 Å². The van der Waals surface area contributed by atoms with Gasteiger partial charge in [0.15, 0.2) is 0 Å². The fourth-order valence-corrected chi connectivity index (χ4v) is 2.54. The number of aromatic carboxylic acids is 1. The van der Waals surface area contributed by atoms with Gasteiger partial charge in [-0.15, -0.1) is 0 Å². The van der Waals surface area contributed by atoms with Gasteiger partial charge in [-0.05, 0) is 76.7 Å². The van der Waals surface area contributed by atoms with Crippen molar-refractivity contribution >= 4 is 21.9 Å². The molecule has 0 heterocycles. The second-order valence-corrected chi connectivity index (χ2v) is 5.61. The van der Waals surface area contributed by atoms with Gasteiger partial charge in [0, 0.05) is 4.47 Å². The molecule has 0 aliphatic heterocycles. The van der Waals surface area contributed by atoms with Gasteiger partial charge in [-0.3, -0.25) is 0 Å². The first kappa shape index (κ1) is 13.8. The number of carboxylic acids is 1. The van der Waals surface area contributed by atoms with E-state index in [-0.39, 0.29) is 5.56 Å². The van der Waals surface area contributed by atoms with Gasteiger partial charge in [-0.1, -0.05) is 18.2 Å². The van der Waals surface area contributed by atoms with Crippen LogP contribution in [-0.4, -0.2) is 11.1 Å². The number of benzene rings is 2. The van der Waals surface area contributed by atoms with E-state index < -0.39 is 5.97 Å². The Morgan fingerprint density at radius 3 is 2.26 bits per heavy atom. The lowest BCUT2D eigenvalue weighted by atomic mass is 9.94. The molecule has 0 aliphatic rings. The zero-order valence-corrected chi connectivity index (χ0v) is 12.7. The summed E-state index contributed by atoms with van der Waals surface area (Å²) in [5.41, 5.74) is 5.91. The van der Waals surface area contributed by atoms with Gasteiger partial charge in [0.1, 0.15) is 0 Å². The molecule has 2 rings (SSSR count). The second kappa shape index (κ2) is 5.17. The Morgan fingerprint density at radius 1 is 1.00 bits per heavy atom. The van der Waals surface area contributed by atoms with Crippen molar-refractivity contribution in [3.05, 3.63) is 57.1 Å². The average Bonchev–Trinajstić information content (AvgIpc) is 2.34. The van der Waals surface area contributed by atoms with Gasteiger partial charge in [0.25, 0.3) is 0 Å². The van der Waals surface area contributed by atoms with E-state index in [9.17, 15) is 9.90 Å². The van der Waals surface area contributed by atoms with Crippen molar-refractivity contribution in [3.8, 4) is 11.1 Å². The maximum Gasteiger partial charge on any atom is 0.336 e. The Balaban J connectivity index is 2.63. The van der Waals surface area contributed by atoms with Crippen molar-refractivity contribution in [1.29, 1.82) is 0 Å². The van der Waals surface area contributed by atoms with E-state index in [1.807, 2.05) is 13.0 Å². The van der Waals surface area contributed by atoms with Crippen LogP contribution in [0.25, 0.3) is 11.1 Å². The molecule has 2 aromatic carbocycles. The highest BCUT2D eigenvalue weighted by Gasteiger charge is 2.11. The van der Waals surface area contributed by atoms with E-state index in [1.165, 1.54) is 11.1 Å². The summed E-state index contributed by atoms with van der Waals surface area (Å²) < 4.78 is 0.602. The minimum absolute atomic E-state index is 0.287. The lowest BCUT2D eigenvalue weighted by Crippen LogP contribution is -1.98. The molecular formula is C16H15BrO2. The molecule has 19 heavy (non-hydrogen) atoms. The highest BCUT2D eigenvalue weighted by molar-refractivity contribution is 9.10. The highest BCUT2D eigenvalue weighted by atomic mass is 79.9. The number of carboxylic acid groups (broad SMARTS) is 1. The summed E-state index contributed by atoms with van der Waals surface area (Å²) in [6.45, 7) is 6.19. The summed E-state index contributed by atoms with van der Waals surface area (Å²) in [5, 5.41) is 9.18. The number of carbonyl (C=O) groups is 1. The summed E-state index contributed by atoms with van der Waals surface area (Å²) >= 11 is 3.27. The first-order valence-electron chi connectivity index (χ1n) is 6.01. The Labute approximate surface area is 121 Å². The number of hydrogen-bond donors (Lipinski definition) is 1. The van der Waals surface area contributed by atoms with Crippen LogP contribution in [0.2, 0.25) is 0 Å². The van der Waals surface area contributed by atoms with E-state index in [0.29, 0.717) is 4.47 Å². The topological polar surface area (TPSA) is 37.3 Å².